The molecule has 0 radical (unpaired) electrons. The molecule has 5 heteroatoms. The molecule has 1 unspecified atom stereocenters. The summed E-state index contributed by atoms with van der Waals surface area (Å²) in [5, 5.41) is 12.7. The second-order valence-corrected chi connectivity index (χ2v) is 4.91. The van der Waals surface area contributed by atoms with Gasteiger partial charge in [0.25, 0.3) is 0 Å². The molecule has 3 rings (SSSR count). The van der Waals surface area contributed by atoms with Crippen LogP contribution in [0, 0.1) is 0 Å². The van der Waals surface area contributed by atoms with Crippen LogP contribution in [-0.2, 0) is 0 Å². The molecule has 0 spiro atoms. The minimum atomic E-state index is -0.165. The monoisotopic (exact) mass is 283 g/mol. The molecule has 0 fully saturated rings. The molecule has 0 amide bonds. The zero-order chi connectivity index (χ0) is 14.8. The van der Waals surface area contributed by atoms with Gasteiger partial charge in [-0.1, -0.05) is 13.0 Å². The molecule has 2 aromatic rings. The van der Waals surface area contributed by atoms with E-state index in [0.717, 1.165) is 23.6 Å². The van der Waals surface area contributed by atoms with E-state index >= 15 is 0 Å². The first-order valence-corrected chi connectivity index (χ1v) is 6.86. The van der Waals surface area contributed by atoms with Crippen LogP contribution < -0.4 is 15.8 Å². The third-order valence-electron chi connectivity index (χ3n) is 3.29. The fraction of sp³-hybridized carbons (Fsp3) is 0.188. The van der Waals surface area contributed by atoms with Crippen molar-refractivity contribution in [3.63, 3.8) is 0 Å². The summed E-state index contributed by atoms with van der Waals surface area (Å²) in [7, 11) is 0. The molecule has 1 atom stereocenters. The van der Waals surface area contributed by atoms with Crippen LogP contribution >= 0.6 is 0 Å². The number of phenols is 1. The lowest BCUT2D eigenvalue weighted by Gasteiger charge is -2.26. The Bertz CT molecular complexity index is 698. The zero-order valence-electron chi connectivity index (χ0n) is 11.7. The third kappa shape index (κ3) is 2.76. The predicted molar refractivity (Wildman–Crippen MR) is 84.4 cm³/mol. The van der Waals surface area contributed by atoms with E-state index < -0.39 is 0 Å². The highest BCUT2D eigenvalue weighted by Crippen LogP contribution is 2.35. The Morgan fingerprint density at radius 2 is 2.14 bits per heavy atom. The van der Waals surface area contributed by atoms with Gasteiger partial charge in [0.05, 0.1) is 0 Å². The summed E-state index contributed by atoms with van der Waals surface area (Å²) < 4.78 is 5.94. The summed E-state index contributed by atoms with van der Waals surface area (Å²) in [5.74, 6) is 1.63. The number of nitrogen functional groups attached to an aromatic ring is 1. The van der Waals surface area contributed by atoms with Gasteiger partial charge in [0.2, 0.25) is 0 Å². The fourth-order valence-electron chi connectivity index (χ4n) is 2.24. The Kier molecular flexibility index (Phi) is 3.39. The highest BCUT2D eigenvalue weighted by atomic mass is 16.5. The van der Waals surface area contributed by atoms with Gasteiger partial charge >= 0.3 is 0 Å². The number of nitrogens with two attached hydrogens (primary N) is 1. The Balaban J connectivity index is 1.94. The van der Waals surface area contributed by atoms with Crippen molar-refractivity contribution in [3.8, 4) is 11.5 Å². The van der Waals surface area contributed by atoms with Crippen molar-refractivity contribution in [2.75, 3.05) is 11.1 Å². The van der Waals surface area contributed by atoms with Crippen LogP contribution in [-0.4, -0.2) is 17.0 Å². The van der Waals surface area contributed by atoms with Gasteiger partial charge in [-0.15, -0.1) is 0 Å². The minimum absolute atomic E-state index is 0.165. The number of aromatic hydroxyl groups is 1. The van der Waals surface area contributed by atoms with Gasteiger partial charge in [-0.2, -0.15) is 0 Å². The largest absolute Gasteiger partial charge is 0.508 e. The molecular formula is C16H17N3O2. The second-order valence-electron chi connectivity index (χ2n) is 4.91. The van der Waals surface area contributed by atoms with Gasteiger partial charge in [-0.25, -0.2) is 4.99 Å². The summed E-state index contributed by atoms with van der Waals surface area (Å²) in [5.41, 5.74) is 7.95. The Morgan fingerprint density at radius 3 is 2.90 bits per heavy atom. The third-order valence-corrected chi connectivity index (χ3v) is 3.29. The standard InChI is InChI=1S/C16H17N3O2/c1-2-14-16(18-11-4-3-5-12(20)9-11)19-13-7-6-10(17)8-15(13)21-14/h3-9,14,20H,2,17H2,1H3,(H,18,19). The van der Waals surface area contributed by atoms with E-state index in [1.54, 1.807) is 30.3 Å². The van der Waals surface area contributed by atoms with Crippen molar-refractivity contribution in [1.29, 1.82) is 0 Å². The maximum atomic E-state index is 9.53. The molecule has 1 aliphatic heterocycles. The second kappa shape index (κ2) is 5.36. The number of ether oxygens (including phenoxy) is 1. The van der Waals surface area contributed by atoms with Gasteiger partial charge in [-0.3, -0.25) is 0 Å². The van der Waals surface area contributed by atoms with E-state index in [1.165, 1.54) is 0 Å². The number of hydrogen-bond donors (Lipinski definition) is 3. The van der Waals surface area contributed by atoms with Crippen LogP contribution in [0.4, 0.5) is 17.1 Å². The molecular weight excluding hydrogens is 266 g/mol. The van der Waals surface area contributed by atoms with Crippen LogP contribution in [0.3, 0.4) is 0 Å². The summed E-state index contributed by atoms with van der Waals surface area (Å²) >= 11 is 0. The lowest BCUT2D eigenvalue weighted by atomic mass is 10.1. The normalized spacial score (nSPS) is 16.6. The van der Waals surface area contributed by atoms with Crippen LogP contribution in [0.15, 0.2) is 47.5 Å². The predicted octanol–water partition coefficient (Wildman–Crippen LogP) is 3.29. The highest BCUT2D eigenvalue weighted by Gasteiger charge is 2.23. The van der Waals surface area contributed by atoms with Gasteiger partial charge in [0.1, 0.15) is 23.0 Å². The molecule has 4 N–H and O–H groups in total. The molecule has 21 heavy (non-hydrogen) atoms. The quantitative estimate of drug-likeness (QED) is 0.739. The smallest absolute Gasteiger partial charge is 0.156 e. The van der Waals surface area contributed by atoms with E-state index in [2.05, 4.69) is 10.3 Å². The SMILES string of the molecule is CCC1Oc2cc(N)ccc2N=C1Nc1cccc(O)c1. The molecule has 0 aliphatic carbocycles. The number of benzene rings is 2. The number of fused-ring (bicyclic) bond motifs is 1. The Hall–Kier alpha value is -2.69. The zero-order valence-corrected chi connectivity index (χ0v) is 11.7. The summed E-state index contributed by atoms with van der Waals surface area (Å²) in [6, 6.07) is 12.3. The van der Waals surface area contributed by atoms with Crippen molar-refractivity contribution < 1.29 is 9.84 Å². The lowest BCUT2D eigenvalue weighted by molar-refractivity contribution is 0.259. The average Bonchev–Trinajstić information content (AvgIpc) is 2.47. The average molecular weight is 283 g/mol. The number of anilines is 2. The van der Waals surface area contributed by atoms with Crippen molar-refractivity contribution in [1.82, 2.24) is 0 Å². The summed E-state index contributed by atoms with van der Waals surface area (Å²) in [6.07, 6.45) is 0.612. The Labute approximate surface area is 123 Å². The molecule has 0 saturated heterocycles. The number of hydrogen-bond acceptors (Lipinski definition) is 5. The summed E-state index contributed by atoms with van der Waals surface area (Å²) in [4.78, 5) is 4.61. The van der Waals surface area contributed by atoms with Crippen molar-refractivity contribution >= 4 is 22.9 Å². The number of phenolic OH excluding ortho intramolecular Hbond substituents is 1. The van der Waals surface area contributed by atoms with E-state index in [0.29, 0.717) is 11.4 Å². The molecule has 1 aliphatic rings. The van der Waals surface area contributed by atoms with Gasteiger partial charge in [0, 0.05) is 23.5 Å². The lowest BCUT2D eigenvalue weighted by Crippen LogP contribution is -2.34. The van der Waals surface area contributed by atoms with Crippen LogP contribution in [0.2, 0.25) is 0 Å². The van der Waals surface area contributed by atoms with Gasteiger partial charge in [-0.05, 0) is 30.7 Å². The highest BCUT2D eigenvalue weighted by molar-refractivity contribution is 6.02. The number of rotatable bonds is 2. The van der Waals surface area contributed by atoms with Gasteiger partial charge < -0.3 is 20.9 Å². The number of nitrogens with one attached hydrogen (secondary N) is 1. The number of aliphatic imine (C=N–C) groups is 1. The van der Waals surface area contributed by atoms with Crippen LogP contribution in [0.25, 0.3) is 0 Å². The number of nitrogens with zero attached hydrogens (tertiary/aromatic N) is 1. The minimum Gasteiger partial charge on any atom is -0.508 e. The first kappa shape index (κ1) is 13.3. The van der Waals surface area contributed by atoms with Crippen molar-refractivity contribution in [3.05, 3.63) is 42.5 Å². The van der Waals surface area contributed by atoms with E-state index in [1.807, 2.05) is 19.1 Å². The van der Waals surface area contributed by atoms with Crippen molar-refractivity contribution in [2.24, 2.45) is 4.99 Å². The molecule has 5 nitrogen and oxygen atoms in total. The molecule has 0 bridgehead atoms. The van der Waals surface area contributed by atoms with E-state index in [-0.39, 0.29) is 11.9 Å². The molecule has 1 heterocycles. The molecule has 2 aromatic carbocycles. The van der Waals surface area contributed by atoms with Crippen LogP contribution in [0.5, 0.6) is 11.5 Å². The number of amidine groups is 1. The maximum Gasteiger partial charge on any atom is 0.156 e. The van der Waals surface area contributed by atoms with Gasteiger partial charge in [0.15, 0.2) is 6.10 Å². The van der Waals surface area contributed by atoms with Crippen LogP contribution in [0.1, 0.15) is 13.3 Å². The summed E-state index contributed by atoms with van der Waals surface area (Å²) in [6.45, 7) is 2.03. The molecule has 0 saturated carbocycles. The van der Waals surface area contributed by atoms with E-state index in [9.17, 15) is 5.11 Å². The maximum absolute atomic E-state index is 9.53. The fourth-order valence-corrected chi connectivity index (χ4v) is 2.24. The van der Waals surface area contributed by atoms with Crippen molar-refractivity contribution in [2.45, 2.75) is 19.4 Å². The molecule has 108 valence electrons. The van der Waals surface area contributed by atoms with E-state index in [4.69, 9.17) is 10.5 Å². The Morgan fingerprint density at radius 1 is 1.29 bits per heavy atom. The topological polar surface area (TPSA) is 79.9 Å². The first-order chi connectivity index (χ1) is 10.2. The first-order valence-electron chi connectivity index (χ1n) is 6.86. The molecule has 0 aromatic heterocycles.